The van der Waals surface area contributed by atoms with Crippen molar-refractivity contribution in [2.75, 3.05) is 13.1 Å². The first kappa shape index (κ1) is 15.4. The number of hydrogen-bond donors (Lipinski definition) is 1. The van der Waals surface area contributed by atoms with E-state index in [-0.39, 0.29) is 6.04 Å². The Morgan fingerprint density at radius 2 is 2.25 bits per heavy atom. The minimum absolute atomic E-state index is 0.256. The molecule has 0 aliphatic carbocycles. The summed E-state index contributed by atoms with van der Waals surface area (Å²) in [5, 5.41) is 10.7. The van der Waals surface area contributed by atoms with Crippen LogP contribution in [0.5, 0.6) is 0 Å². The van der Waals surface area contributed by atoms with Crippen LogP contribution >= 0.6 is 11.3 Å². The summed E-state index contributed by atoms with van der Waals surface area (Å²) in [5.74, 6) is -0.644. The molecule has 2 unspecified atom stereocenters. The molecule has 2 heterocycles. The van der Waals surface area contributed by atoms with Gasteiger partial charge in [0, 0.05) is 17.5 Å². The fourth-order valence-electron chi connectivity index (χ4n) is 3.21. The van der Waals surface area contributed by atoms with Crippen LogP contribution in [0.15, 0.2) is 0 Å². The van der Waals surface area contributed by atoms with E-state index in [1.807, 2.05) is 20.8 Å². The molecule has 20 heavy (non-hydrogen) atoms. The van der Waals surface area contributed by atoms with Gasteiger partial charge in [-0.25, -0.2) is 4.98 Å². The van der Waals surface area contributed by atoms with Crippen molar-refractivity contribution in [3.8, 4) is 0 Å². The van der Waals surface area contributed by atoms with E-state index in [1.165, 1.54) is 4.88 Å². The van der Waals surface area contributed by atoms with E-state index in [9.17, 15) is 9.90 Å². The number of rotatable bonds is 4. The Morgan fingerprint density at radius 1 is 1.55 bits per heavy atom. The van der Waals surface area contributed by atoms with Gasteiger partial charge in [0.15, 0.2) is 0 Å². The molecule has 4 nitrogen and oxygen atoms in total. The van der Waals surface area contributed by atoms with E-state index in [1.54, 1.807) is 11.3 Å². The molecule has 1 aromatic rings. The number of nitrogens with zero attached hydrogens (tertiary/aromatic N) is 2. The van der Waals surface area contributed by atoms with E-state index in [2.05, 4.69) is 16.8 Å². The lowest BCUT2D eigenvalue weighted by Gasteiger charge is -2.42. The lowest BCUT2D eigenvalue weighted by Crippen LogP contribution is -2.48. The number of carbonyl (C=O) groups is 1. The van der Waals surface area contributed by atoms with Crippen molar-refractivity contribution in [1.82, 2.24) is 9.88 Å². The first-order valence-corrected chi connectivity index (χ1v) is 8.12. The Bertz CT molecular complexity index is 500. The standard InChI is InChI=1S/C15H24N2O2S/c1-5-15(14(18)19)7-6-8-17(9-15)11(3)13-10(2)16-12(4)20-13/h11H,5-9H2,1-4H3,(H,18,19). The van der Waals surface area contributed by atoms with Crippen LogP contribution in [0.3, 0.4) is 0 Å². The van der Waals surface area contributed by atoms with Gasteiger partial charge in [0.2, 0.25) is 0 Å². The minimum Gasteiger partial charge on any atom is -0.481 e. The monoisotopic (exact) mass is 296 g/mol. The van der Waals surface area contributed by atoms with E-state index in [4.69, 9.17) is 0 Å². The van der Waals surface area contributed by atoms with Crippen LogP contribution in [0.4, 0.5) is 0 Å². The van der Waals surface area contributed by atoms with Gasteiger partial charge in [0.05, 0.1) is 16.1 Å². The molecule has 112 valence electrons. The molecule has 5 heteroatoms. The van der Waals surface area contributed by atoms with Crippen LogP contribution in [-0.2, 0) is 4.79 Å². The van der Waals surface area contributed by atoms with Gasteiger partial charge >= 0.3 is 5.97 Å². The highest BCUT2D eigenvalue weighted by Crippen LogP contribution is 2.38. The van der Waals surface area contributed by atoms with Crippen LogP contribution < -0.4 is 0 Å². The average Bonchev–Trinajstić information content (AvgIpc) is 2.76. The first-order chi connectivity index (χ1) is 9.39. The maximum Gasteiger partial charge on any atom is 0.310 e. The highest BCUT2D eigenvalue weighted by atomic mass is 32.1. The molecular weight excluding hydrogens is 272 g/mol. The summed E-state index contributed by atoms with van der Waals surface area (Å²) in [7, 11) is 0. The van der Waals surface area contributed by atoms with Gasteiger partial charge in [0.25, 0.3) is 0 Å². The van der Waals surface area contributed by atoms with Gasteiger partial charge in [0.1, 0.15) is 0 Å². The van der Waals surface area contributed by atoms with Gasteiger partial charge < -0.3 is 5.11 Å². The van der Waals surface area contributed by atoms with E-state index < -0.39 is 11.4 Å². The summed E-state index contributed by atoms with van der Waals surface area (Å²) >= 11 is 1.73. The Balaban J connectivity index is 2.20. The van der Waals surface area contributed by atoms with Crippen molar-refractivity contribution in [2.45, 2.75) is 53.0 Å². The number of hydrogen-bond acceptors (Lipinski definition) is 4. The molecular formula is C15H24N2O2S. The van der Waals surface area contributed by atoms with Crippen molar-refractivity contribution >= 4 is 17.3 Å². The molecule has 0 saturated carbocycles. The fraction of sp³-hybridized carbons (Fsp3) is 0.733. The summed E-state index contributed by atoms with van der Waals surface area (Å²) in [6, 6.07) is 0.256. The number of thiazole rings is 1. The number of piperidine rings is 1. The zero-order valence-corrected chi connectivity index (χ0v) is 13.6. The van der Waals surface area contributed by atoms with Crippen molar-refractivity contribution < 1.29 is 9.90 Å². The molecule has 0 amide bonds. The van der Waals surface area contributed by atoms with Gasteiger partial charge in [-0.05, 0) is 46.6 Å². The predicted octanol–water partition coefficient (Wildman–Crippen LogP) is 3.40. The van der Waals surface area contributed by atoms with Crippen molar-refractivity contribution in [2.24, 2.45) is 5.41 Å². The lowest BCUT2D eigenvalue weighted by atomic mass is 9.77. The van der Waals surface area contributed by atoms with Gasteiger partial charge in [-0.3, -0.25) is 9.69 Å². The van der Waals surface area contributed by atoms with Crippen LogP contribution in [0, 0.1) is 19.3 Å². The molecule has 1 aliphatic rings. The molecule has 1 aromatic heterocycles. The normalized spacial score (nSPS) is 25.6. The summed E-state index contributed by atoms with van der Waals surface area (Å²) in [4.78, 5) is 19.7. The largest absolute Gasteiger partial charge is 0.481 e. The number of carboxylic acid groups (broad SMARTS) is 1. The zero-order chi connectivity index (χ0) is 14.9. The molecule has 1 fully saturated rings. The summed E-state index contributed by atoms with van der Waals surface area (Å²) in [5.41, 5.74) is 0.517. The highest BCUT2D eigenvalue weighted by molar-refractivity contribution is 7.11. The van der Waals surface area contributed by atoms with Crippen molar-refractivity contribution in [1.29, 1.82) is 0 Å². The van der Waals surface area contributed by atoms with Crippen LogP contribution in [0.2, 0.25) is 0 Å². The number of likely N-dealkylation sites (tertiary alicyclic amines) is 1. The Morgan fingerprint density at radius 3 is 2.75 bits per heavy atom. The Hall–Kier alpha value is -0.940. The summed E-state index contributed by atoms with van der Waals surface area (Å²) in [6.07, 6.45) is 2.45. The summed E-state index contributed by atoms with van der Waals surface area (Å²) < 4.78 is 0. The van der Waals surface area contributed by atoms with Gasteiger partial charge in [-0.15, -0.1) is 11.3 Å². The number of aromatic nitrogens is 1. The van der Waals surface area contributed by atoms with Crippen molar-refractivity contribution in [3.63, 3.8) is 0 Å². The molecule has 0 spiro atoms. The fourth-order valence-corrected chi connectivity index (χ4v) is 4.23. The third-order valence-corrected chi connectivity index (χ3v) is 5.85. The molecule has 0 bridgehead atoms. The lowest BCUT2D eigenvalue weighted by molar-refractivity contribution is -0.153. The molecule has 1 saturated heterocycles. The highest BCUT2D eigenvalue weighted by Gasteiger charge is 2.42. The second-order valence-electron chi connectivity index (χ2n) is 5.87. The van der Waals surface area contributed by atoms with E-state index in [0.717, 1.165) is 30.1 Å². The number of aliphatic carboxylic acids is 1. The average molecular weight is 296 g/mol. The SMILES string of the molecule is CCC1(C(=O)O)CCCN(C(C)c2sc(C)nc2C)C1. The number of aryl methyl sites for hydroxylation is 2. The molecule has 0 aromatic carbocycles. The second kappa shape index (κ2) is 5.82. The van der Waals surface area contributed by atoms with Crippen LogP contribution in [0.1, 0.15) is 54.7 Å². The molecule has 1 aliphatic heterocycles. The molecule has 2 atom stereocenters. The summed E-state index contributed by atoms with van der Waals surface area (Å²) in [6.45, 7) is 9.86. The number of carboxylic acids is 1. The smallest absolute Gasteiger partial charge is 0.310 e. The topological polar surface area (TPSA) is 53.4 Å². The predicted molar refractivity (Wildman–Crippen MR) is 81.2 cm³/mol. The zero-order valence-electron chi connectivity index (χ0n) is 12.8. The Kier molecular flexibility index (Phi) is 4.49. The van der Waals surface area contributed by atoms with E-state index >= 15 is 0 Å². The maximum absolute atomic E-state index is 11.6. The van der Waals surface area contributed by atoms with Crippen LogP contribution in [-0.4, -0.2) is 34.0 Å². The van der Waals surface area contributed by atoms with Crippen molar-refractivity contribution in [3.05, 3.63) is 15.6 Å². The Labute approximate surface area is 124 Å². The van der Waals surface area contributed by atoms with E-state index in [0.29, 0.717) is 13.0 Å². The minimum atomic E-state index is -0.644. The quantitative estimate of drug-likeness (QED) is 0.925. The second-order valence-corrected chi connectivity index (χ2v) is 7.11. The molecule has 1 N–H and O–H groups in total. The van der Waals surface area contributed by atoms with Gasteiger partial charge in [-0.2, -0.15) is 0 Å². The maximum atomic E-state index is 11.6. The molecule has 0 radical (unpaired) electrons. The first-order valence-electron chi connectivity index (χ1n) is 7.31. The molecule has 2 rings (SSSR count). The third kappa shape index (κ3) is 2.74. The van der Waals surface area contributed by atoms with Crippen LogP contribution in [0.25, 0.3) is 0 Å². The van der Waals surface area contributed by atoms with Gasteiger partial charge in [-0.1, -0.05) is 6.92 Å². The third-order valence-electron chi connectivity index (χ3n) is 4.60.